The van der Waals surface area contributed by atoms with Gasteiger partial charge in [-0.05, 0) is 29.3 Å². The van der Waals surface area contributed by atoms with Crippen LogP contribution >= 0.6 is 0 Å². The van der Waals surface area contributed by atoms with Gasteiger partial charge in [0.2, 0.25) is 5.95 Å². The van der Waals surface area contributed by atoms with Gasteiger partial charge in [0.05, 0.1) is 18.2 Å². The minimum Gasteiger partial charge on any atom is -0.497 e. The zero-order valence-electron chi connectivity index (χ0n) is 17.0. The van der Waals surface area contributed by atoms with Crippen molar-refractivity contribution in [3.63, 3.8) is 0 Å². The average Bonchev–Trinajstić information content (AvgIpc) is 3.11. The molecule has 0 amide bonds. The molecule has 1 aromatic carbocycles. The lowest BCUT2D eigenvalue weighted by Gasteiger charge is -2.28. The lowest BCUT2D eigenvalue weighted by molar-refractivity contribution is 0.414. The fourth-order valence-electron chi connectivity index (χ4n) is 3.83. The van der Waals surface area contributed by atoms with E-state index >= 15 is 0 Å². The Morgan fingerprint density at radius 2 is 1.97 bits per heavy atom. The van der Waals surface area contributed by atoms with Crippen molar-refractivity contribution in [2.45, 2.75) is 19.5 Å². The highest BCUT2D eigenvalue weighted by atomic mass is 16.5. The number of hydrogen-bond donors (Lipinski definition) is 1. The molecule has 30 heavy (non-hydrogen) atoms. The molecule has 4 aromatic rings. The van der Waals surface area contributed by atoms with Crippen molar-refractivity contribution in [2.24, 2.45) is 7.05 Å². The predicted octanol–water partition coefficient (Wildman–Crippen LogP) is 2.94. The first-order valence-corrected chi connectivity index (χ1v) is 9.95. The molecule has 0 unspecified atom stereocenters. The van der Waals surface area contributed by atoms with Gasteiger partial charge in [-0.1, -0.05) is 18.2 Å². The van der Waals surface area contributed by atoms with Gasteiger partial charge in [0.25, 0.3) is 0 Å². The van der Waals surface area contributed by atoms with Crippen LogP contribution < -0.4 is 15.0 Å². The van der Waals surface area contributed by atoms with E-state index in [0.29, 0.717) is 12.5 Å². The topological polar surface area (TPSA) is 81.0 Å². The Balaban J connectivity index is 1.47. The number of methoxy groups -OCH3 is 1. The number of ether oxygens (including phenoxy) is 1. The lowest BCUT2D eigenvalue weighted by atomic mass is 10.1. The molecule has 8 heteroatoms. The molecule has 0 bridgehead atoms. The molecule has 0 radical (unpaired) electrons. The normalized spacial score (nSPS) is 12.9. The third-order valence-corrected chi connectivity index (χ3v) is 5.36. The maximum Gasteiger partial charge on any atom is 0.227 e. The van der Waals surface area contributed by atoms with E-state index in [9.17, 15) is 0 Å². The van der Waals surface area contributed by atoms with E-state index in [1.54, 1.807) is 13.3 Å². The Labute approximate surface area is 174 Å². The van der Waals surface area contributed by atoms with E-state index < -0.39 is 0 Å². The van der Waals surface area contributed by atoms with Crippen LogP contribution in [0.15, 0.2) is 48.8 Å². The summed E-state index contributed by atoms with van der Waals surface area (Å²) in [4.78, 5) is 16.1. The number of aromatic nitrogens is 5. The number of hydrogen-bond acceptors (Lipinski definition) is 7. The fraction of sp³-hybridized carbons (Fsp3) is 0.273. The Kier molecular flexibility index (Phi) is 4.66. The molecule has 0 spiro atoms. The van der Waals surface area contributed by atoms with Crippen LogP contribution in [0, 0.1) is 0 Å². The summed E-state index contributed by atoms with van der Waals surface area (Å²) in [6.45, 7) is 2.25. The molecular weight excluding hydrogens is 378 g/mol. The molecule has 0 saturated carbocycles. The summed E-state index contributed by atoms with van der Waals surface area (Å²) < 4.78 is 7.13. The smallest absolute Gasteiger partial charge is 0.227 e. The van der Waals surface area contributed by atoms with Gasteiger partial charge in [-0.3, -0.25) is 4.98 Å². The van der Waals surface area contributed by atoms with Crippen LogP contribution in [0.2, 0.25) is 0 Å². The lowest BCUT2D eigenvalue weighted by Crippen LogP contribution is -2.29. The predicted molar refractivity (Wildman–Crippen MR) is 116 cm³/mol. The van der Waals surface area contributed by atoms with Crippen molar-refractivity contribution in [1.29, 1.82) is 0 Å². The first kappa shape index (κ1) is 18.4. The number of nitrogens with zero attached hydrogens (tertiary/aromatic N) is 6. The van der Waals surface area contributed by atoms with Crippen molar-refractivity contribution < 1.29 is 4.74 Å². The SMILES string of the molecule is COc1ccc(CN2CCc3nn(C)c4nc(NCc5cccnc5)nc2c34)cc1. The van der Waals surface area contributed by atoms with Crippen LogP contribution in [0.4, 0.5) is 11.8 Å². The monoisotopic (exact) mass is 401 g/mol. The second kappa shape index (κ2) is 7.62. The van der Waals surface area contributed by atoms with Gasteiger partial charge in [-0.25, -0.2) is 4.68 Å². The number of nitrogens with one attached hydrogen (secondary N) is 1. The van der Waals surface area contributed by atoms with E-state index in [1.165, 1.54) is 5.56 Å². The first-order chi connectivity index (χ1) is 14.7. The zero-order valence-corrected chi connectivity index (χ0v) is 17.0. The number of aryl methyl sites for hydroxylation is 1. The standard InChI is InChI=1S/C22H23N7O/c1-28-20-19-18(27-28)9-11-29(14-15-5-7-17(30-2)8-6-15)21(19)26-22(25-20)24-13-16-4-3-10-23-12-16/h3-8,10,12H,9,11,13-14H2,1-2H3,(H,24,25,26). The Morgan fingerprint density at radius 3 is 2.73 bits per heavy atom. The molecule has 152 valence electrons. The molecule has 1 aliphatic heterocycles. The van der Waals surface area contributed by atoms with Crippen molar-refractivity contribution >= 4 is 22.8 Å². The fourth-order valence-corrected chi connectivity index (χ4v) is 3.83. The van der Waals surface area contributed by atoms with Gasteiger partial charge in [-0.15, -0.1) is 0 Å². The minimum absolute atomic E-state index is 0.595. The van der Waals surface area contributed by atoms with Crippen LogP contribution in [-0.2, 0) is 26.6 Å². The number of rotatable bonds is 6. The van der Waals surface area contributed by atoms with Crippen LogP contribution in [0.3, 0.4) is 0 Å². The van der Waals surface area contributed by atoms with Crippen LogP contribution in [0.1, 0.15) is 16.8 Å². The highest BCUT2D eigenvalue weighted by Gasteiger charge is 2.26. The second-order valence-electron chi connectivity index (χ2n) is 7.37. The Bertz CT molecular complexity index is 1170. The molecule has 3 aromatic heterocycles. The van der Waals surface area contributed by atoms with Crippen molar-refractivity contribution in [3.8, 4) is 5.75 Å². The molecule has 0 aliphatic carbocycles. The highest BCUT2D eigenvalue weighted by molar-refractivity contribution is 5.92. The summed E-state index contributed by atoms with van der Waals surface area (Å²) in [6.07, 6.45) is 4.49. The molecule has 0 atom stereocenters. The molecule has 8 nitrogen and oxygen atoms in total. The van der Waals surface area contributed by atoms with E-state index in [-0.39, 0.29) is 0 Å². The van der Waals surface area contributed by atoms with Crippen molar-refractivity contribution in [3.05, 3.63) is 65.6 Å². The minimum atomic E-state index is 0.595. The third-order valence-electron chi connectivity index (χ3n) is 5.36. The van der Waals surface area contributed by atoms with E-state index in [0.717, 1.165) is 53.4 Å². The van der Waals surface area contributed by atoms with Gasteiger partial charge in [-0.2, -0.15) is 15.1 Å². The zero-order chi connectivity index (χ0) is 20.5. The summed E-state index contributed by atoms with van der Waals surface area (Å²) in [6, 6.07) is 12.1. The molecule has 5 rings (SSSR count). The van der Waals surface area contributed by atoms with Gasteiger partial charge in [0.1, 0.15) is 11.6 Å². The van der Waals surface area contributed by atoms with Gasteiger partial charge in [0, 0.05) is 45.5 Å². The molecule has 1 N–H and O–H groups in total. The van der Waals surface area contributed by atoms with Crippen LogP contribution in [0.5, 0.6) is 5.75 Å². The van der Waals surface area contributed by atoms with E-state index in [2.05, 4.69) is 32.4 Å². The maximum absolute atomic E-state index is 5.28. The largest absolute Gasteiger partial charge is 0.497 e. The molecular formula is C22H23N7O. The highest BCUT2D eigenvalue weighted by Crippen LogP contribution is 2.33. The van der Waals surface area contributed by atoms with Crippen molar-refractivity contribution in [1.82, 2.24) is 24.7 Å². The van der Waals surface area contributed by atoms with Gasteiger partial charge < -0.3 is 15.0 Å². The number of anilines is 2. The van der Waals surface area contributed by atoms with Gasteiger partial charge >= 0.3 is 0 Å². The third kappa shape index (κ3) is 3.41. The summed E-state index contributed by atoms with van der Waals surface area (Å²) in [5.74, 6) is 2.38. The summed E-state index contributed by atoms with van der Waals surface area (Å²) in [5, 5.41) is 9.06. The van der Waals surface area contributed by atoms with Crippen LogP contribution in [-0.4, -0.2) is 38.4 Å². The average molecular weight is 401 g/mol. The summed E-state index contributed by atoms with van der Waals surface area (Å²) in [7, 11) is 3.62. The maximum atomic E-state index is 5.28. The molecule has 0 saturated heterocycles. The number of pyridine rings is 1. The van der Waals surface area contributed by atoms with Gasteiger partial charge in [0.15, 0.2) is 5.65 Å². The van der Waals surface area contributed by atoms with E-state index in [1.807, 2.05) is 42.2 Å². The summed E-state index contributed by atoms with van der Waals surface area (Å²) in [5.41, 5.74) is 4.20. The van der Waals surface area contributed by atoms with E-state index in [4.69, 9.17) is 14.7 Å². The quantitative estimate of drug-likeness (QED) is 0.532. The molecule has 0 fully saturated rings. The first-order valence-electron chi connectivity index (χ1n) is 9.95. The Morgan fingerprint density at radius 1 is 1.10 bits per heavy atom. The number of benzene rings is 1. The second-order valence-corrected chi connectivity index (χ2v) is 7.37. The molecule has 1 aliphatic rings. The Hall–Kier alpha value is -3.68. The summed E-state index contributed by atoms with van der Waals surface area (Å²) >= 11 is 0. The molecule has 4 heterocycles. The van der Waals surface area contributed by atoms with Crippen molar-refractivity contribution in [2.75, 3.05) is 23.9 Å². The van der Waals surface area contributed by atoms with Crippen LogP contribution in [0.25, 0.3) is 11.0 Å².